The molecule has 0 spiro atoms. The third-order valence-electron chi connectivity index (χ3n) is 6.88. The number of carbonyl (C=O) groups excluding carboxylic acids is 1. The molecule has 1 aliphatic heterocycles. The summed E-state index contributed by atoms with van der Waals surface area (Å²) in [5.41, 5.74) is 0.303. The summed E-state index contributed by atoms with van der Waals surface area (Å²) >= 11 is 0. The first-order valence-electron chi connectivity index (χ1n) is 13.2. The number of fused-ring (bicyclic) bond motifs is 1. The molecule has 0 radical (unpaired) electrons. The van der Waals surface area contributed by atoms with Gasteiger partial charge >= 0.3 is 5.97 Å². The summed E-state index contributed by atoms with van der Waals surface area (Å²) in [6.45, 7) is -0.722. The van der Waals surface area contributed by atoms with Crippen molar-refractivity contribution in [2.24, 2.45) is 0 Å². The van der Waals surface area contributed by atoms with Gasteiger partial charge in [0.15, 0.2) is 23.0 Å². The van der Waals surface area contributed by atoms with Gasteiger partial charge in [0.1, 0.15) is 52.3 Å². The van der Waals surface area contributed by atoms with Crippen LogP contribution in [0.4, 0.5) is 0 Å². The first kappa shape index (κ1) is 30.4. The zero-order valence-electron chi connectivity index (χ0n) is 23.1. The van der Waals surface area contributed by atoms with Crippen molar-refractivity contribution in [3.63, 3.8) is 0 Å². The van der Waals surface area contributed by atoms with Crippen LogP contribution in [0.2, 0.25) is 0 Å². The minimum absolute atomic E-state index is 0.0482. The van der Waals surface area contributed by atoms with Crippen LogP contribution in [0.15, 0.2) is 76.0 Å². The number of esters is 1. The minimum Gasteiger partial charge on any atom is -0.508 e. The van der Waals surface area contributed by atoms with Crippen LogP contribution >= 0.6 is 0 Å². The molecule has 13 heteroatoms. The van der Waals surface area contributed by atoms with Crippen molar-refractivity contribution >= 4 is 23.0 Å². The second-order valence-corrected chi connectivity index (χ2v) is 9.83. The third-order valence-corrected chi connectivity index (χ3v) is 6.88. The Morgan fingerprint density at radius 3 is 2.41 bits per heavy atom. The molecule has 1 aromatic heterocycles. The van der Waals surface area contributed by atoms with Gasteiger partial charge in [0.05, 0.1) is 13.7 Å². The number of rotatable bonds is 8. The zero-order chi connectivity index (χ0) is 31.5. The minimum atomic E-state index is -1.78. The van der Waals surface area contributed by atoms with Crippen LogP contribution in [0.3, 0.4) is 0 Å². The Morgan fingerprint density at radius 2 is 1.70 bits per heavy atom. The Kier molecular flexibility index (Phi) is 8.73. The molecule has 4 aromatic rings. The van der Waals surface area contributed by atoms with Crippen LogP contribution in [-0.2, 0) is 14.3 Å². The number of phenolic OH excluding ortho intramolecular Hbond substituents is 3. The maximum atomic E-state index is 12.8. The number of aromatic hydroxyl groups is 3. The molecule has 6 N–H and O–H groups in total. The Labute approximate surface area is 249 Å². The first-order valence-corrected chi connectivity index (χ1v) is 13.2. The third kappa shape index (κ3) is 6.31. The summed E-state index contributed by atoms with van der Waals surface area (Å²) in [5, 5.41) is 61.1. The van der Waals surface area contributed by atoms with E-state index in [0.717, 1.165) is 18.2 Å². The van der Waals surface area contributed by atoms with E-state index in [9.17, 15) is 40.2 Å². The lowest BCUT2D eigenvalue weighted by molar-refractivity contribution is -0.280. The molecule has 1 aliphatic rings. The van der Waals surface area contributed by atoms with E-state index in [-0.39, 0.29) is 39.7 Å². The van der Waals surface area contributed by atoms with Gasteiger partial charge in [0.25, 0.3) is 0 Å². The van der Waals surface area contributed by atoms with Crippen molar-refractivity contribution in [3.8, 4) is 40.1 Å². The lowest BCUT2D eigenvalue weighted by atomic mass is 9.99. The van der Waals surface area contributed by atoms with Crippen LogP contribution in [0.5, 0.6) is 28.7 Å². The summed E-state index contributed by atoms with van der Waals surface area (Å²) in [7, 11) is 1.36. The molecule has 5 atom stereocenters. The van der Waals surface area contributed by atoms with E-state index in [1.54, 1.807) is 12.1 Å². The van der Waals surface area contributed by atoms with Gasteiger partial charge in [0, 0.05) is 29.8 Å². The number of aliphatic hydroxyl groups excluding tert-OH is 3. The van der Waals surface area contributed by atoms with Gasteiger partial charge in [-0.2, -0.15) is 0 Å². The highest BCUT2D eigenvalue weighted by Gasteiger charge is 2.47. The van der Waals surface area contributed by atoms with Crippen molar-refractivity contribution in [1.82, 2.24) is 0 Å². The van der Waals surface area contributed by atoms with Gasteiger partial charge in [-0.3, -0.25) is 4.79 Å². The number of methoxy groups -OCH3 is 1. The van der Waals surface area contributed by atoms with Crippen molar-refractivity contribution < 1.29 is 58.8 Å². The summed E-state index contributed by atoms with van der Waals surface area (Å²) in [6, 6.07) is 13.8. The Hall–Kier alpha value is -5.08. The number of benzene rings is 3. The van der Waals surface area contributed by atoms with Gasteiger partial charge < -0.3 is 54.0 Å². The van der Waals surface area contributed by atoms with Gasteiger partial charge in [0.2, 0.25) is 6.29 Å². The highest BCUT2D eigenvalue weighted by Crippen LogP contribution is 2.35. The molecule has 5 rings (SSSR count). The highest BCUT2D eigenvalue weighted by atomic mass is 16.7. The molecule has 1 saturated heterocycles. The molecule has 1 fully saturated rings. The maximum absolute atomic E-state index is 12.8. The van der Waals surface area contributed by atoms with Gasteiger partial charge in [-0.05, 0) is 42.0 Å². The average molecular weight is 609 g/mol. The van der Waals surface area contributed by atoms with Crippen LogP contribution < -0.4 is 14.9 Å². The van der Waals surface area contributed by atoms with Crippen molar-refractivity contribution in [2.75, 3.05) is 13.7 Å². The fourth-order valence-electron chi connectivity index (χ4n) is 4.64. The van der Waals surface area contributed by atoms with Crippen molar-refractivity contribution in [1.29, 1.82) is 0 Å². The average Bonchev–Trinajstić information content (AvgIpc) is 3.00. The molecular weight excluding hydrogens is 580 g/mol. The molecule has 13 nitrogen and oxygen atoms in total. The van der Waals surface area contributed by atoms with E-state index in [1.165, 1.54) is 49.6 Å². The molecule has 0 unspecified atom stereocenters. The van der Waals surface area contributed by atoms with Gasteiger partial charge in [-0.25, -0.2) is 4.79 Å². The molecule has 3 aromatic carbocycles. The van der Waals surface area contributed by atoms with E-state index in [2.05, 4.69) is 0 Å². The topological polar surface area (TPSA) is 206 Å². The second kappa shape index (κ2) is 12.7. The number of phenols is 3. The molecule has 44 heavy (non-hydrogen) atoms. The number of hydrogen-bond acceptors (Lipinski definition) is 13. The second-order valence-electron chi connectivity index (χ2n) is 9.83. The van der Waals surface area contributed by atoms with E-state index in [0.29, 0.717) is 11.1 Å². The molecule has 230 valence electrons. The summed E-state index contributed by atoms with van der Waals surface area (Å²) in [4.78, 5) is 25.2. The Morgan fingerprint density at radius 1 is 0.955 bits per heavy atom. The van der Waals surface area contributed by atoms with Crippen LogP contribution in [0.1, 0.15) is 5.56 Å². The summed E-state index contributed by atoms with van der Waals surface area (Å²) in [5.74, 6) is -1.37. The summed E-state index contributed by atoms with van der Waals surface area (Å²) < 4.78 is 27.5. The van der Waals surface area contributed by atoms with Crippen molar-refractivity contribution in [2.45, 2.75) is 30.7 Å². The van der Waals surface area contributed by atoms with E-state index >= 15 is 0 Å². The largest absolute Gasteiger partial charge is 0.508 e. The number of hydrogen-bond donors (Lipinski definition) is 6. The van der Waals surface area contributed by atoms with Crippen LogP contribution in [0, 0.1) is 0 Å². The normalized spacial score (nSPS) is 21.8. The Bertz CT molecular complexity index is 1740. The smallest absolute Gasteiger partial charge is 0.331 e. The van der Waals surface area contributed by atoms with Gasteiger partial charge in [-0.1, -0.05) is 12.1 Å². The number of aliphatic hydroxyl groups is 3. The SMILES string of the molecule is COc1cc(-c2cc(=O)c3c(O)cc(O[C@@H]4O[C@H](CO)[C@@H](OC(=O)/C=C/c5ccc(O)cc5)[C@H](O)[C@H]4O)cc3o2)ccc1O. The van der Waals surface area contributed by atoms with Crippen molar-refractivity contribution in [3.05, 3.63) is 82.5 Å². The van der Waals surface area contributed by atoms with E-state index in [1.807, 2.05) is 0 Å². The maximum Gasteiger partial charge on any atom is 0.331 e. The molecule has 0 aliphatic carbocycles. The van der Waals surface area contributed by atoms with Crippen LogP contribution in [0.25, 0.3) is 28.4 Å². The summed E-state index contributed by atoms with van der Waals surface area (Å²) in [6.07, 6.45) is -5.44. The fourth-order valence-corrected chi connectivity index (χ4v) is 4.64. The predicted octanol–water partition coefficient (Wildman–Crippen LogP) is 2.03. The molecule has 0 bridgehead atoms. The molecular formula is C31H28O13. The van der Waals surface area contributed by atoms with Gasteiger partial charge in [-0.15, -0.1) is 0 Å². The molecule has 0 amide bonds. The highest BCUT2D eigenvalue weighted by molar-refractivity contribution is 5.87. The quantitative estimate of drug-likeness (QED) is 0.125. The number of ether oxygens (including phenoxy) is 4. The van der Waals surface area contributed by atoms with Crippen LogP contribution in [-0.4, -0.2) is 81.0 Å². The Balaban J connectivity index is 1.35. The molecule has 2 heterocycles. The van der Waals surface area contributed by atoms with E-state index < -0.39 is 54.5 Å². The van der Waals surface area contributed by atoms with E-state index in [4.69, 9.17) is 23.4 Å². The molecule has 0 saturated carbocycles. The predicted molar refractivity (Wildman–Crippen MR) is 153 cm³/mol. The standard InChI is InChI=1S/C31H28O13/c1-40-23-10-16(5-8-19(23)34)22-13-21(36)27-20(35)11-18(12-24(27)42-22)41-31-29(39)28(38)30(25(14-32)43-31)44-26(37)9-4-15-2-6-17(33)7-3-15/h2-13,25,28-35,38-39H,14H2,1H3/b9-4+/t25-,28-,29-,30-,31-/m1/s1. The lowest BCUT2D eigenvalue weighted by Gasteiger charge is -2.41. The monoisotopic (exact) mass is 608 g/mol. The number of carbonyl (C=O) groups is 1. The first-order chi connectivity index (χ1) is 21.1. The zero-order valence-corrected chi connectivity index (χ0v) is 23.1. The lowest BCUT2D eigenvalue weighted by Crippen LogP contribution is -2.61. The fraction of sp³-hybridized carbons (Fsp3) is 0.226.